The van der Waals surface area contributed by atoms with Crippen molar-refractivity contribution in [2.75, 3.05) is 19.0 Å². The Hall–Kier alpha value is -1.44. The molecule has 0 saturated heterocycles. The van der Waals surface area contributed by atoms with Crippen molar-refractivity contribution in [2.45, 2.75) is 20.3 Å². The Morgan fingerprint density at radius 1 is 1.47 bits per heavy atom. The third kappa shape index (κ3) is 3.31. The summed E-state index contributed by atoms with van der Waals surface area (Å²) >= 11 is 0. The van der Waals surface area contributed by atoms with Crippen molar-refractivity contribution in [2.24, 2.45) is 0 Å². The van der Waals surface area contributed by atoms with Gasteiger partial charge in [0.25, 0.3) is 0 Å². The first kappa shape index (κ1) is 11.6. The molecule has 0 aliphatic heterocycles. The highest BCUT2D eigenvalue weighted by Gasteiger charge is 2.02. The number of benzene rings is 1. The van der Waals surface area contributed by atoms with Crippen molar-refractivity contribution in [1.29, 1.82) is 0 Å². The van der Waals surface area contributed by atoms with Gasteiger partial charge in [0.1, 0.15) is 5.75 Å². The molecule has 0 unspecified atom stereocenters. The van der Waals surface area contributed by atoms with Crippen LogP contribution in [0.5, 0.6) is 5.75 Å². The SMILES string of the molecule is C=C(CC)CNc1cc(C)ccc1OC. The monoisotopic (exact) mass is 205 g/mol. The second-order valence-corrected chi connectivity index (χ2v) is 3.66. The number of hydrogen-bond donors (Lipinski definition) is 1. The van der Waals surface area contributed by atoms with Crippen molar-refractivity contribution in [3.63, 3.8) is 0 Å². The highest BCUT2D eigenvalue weighted by Crippen LogP contribution is 2.25. The van der Waals surface area contributed by atoms with Gasteiger partial charge in [-0.25, -0.2) is 0 Å². The van der Waals surface area contributed by atoms with Crippen molar-refractivity contribution < 1.29 is 4.74 Å². The predicted octanol–water partition coefficient (Wildman–Crippen LogP) is 3.38. The van der Waals surface area contributed by atoms with Gasteiger partial charge < -0.3 is 10.1 Å². The Labute approximate surface area is 92.0 Å². The summed E-state index contributed by atoms with van der Waals surface area (Å²) in [4.78, 5) is 0. The molecule has 15 heavy (non-hydrogen) atoms. The standard InChI is InChI=1S/C13H19NO/c1-5-10(2)9-14-12-8-11(3)6-7-13(12)15-4/h6-8,14H,2,5,9H2,1,3-4H3. The third-order valence-electron chi connectivity index (χ3n) is 2.38. The summed E-state index contributed by atoms with van der Waals surface area (Å²) in [6.07, 6.45) is 1.00. The lowest BCUT2D eigenvalue weighted by molar-refractivity contribution is 0.416. The molecule has 0 bridgehead atoms. The number of hydrogen-bond acceptors (Lipinski definition) is 2. The van der Waals surface area contributed by atoms with Crippen LogP contribution >= 0.6 is 0 Å². The maximum absolute atomic E-state index is 5.27. The molecule has 82 valence electrons. The lowest BCUT2D eigenvalue weighted by Gasteiger charge is -2.12. The number of ether oxygens (including phenoxy) is 1. The molecule has 0 radical (unpaired) electrons. The number of methoxy groups -OCH3 is 1. The van der Waals surface area contributed by atoms with Gasteiger partial charge in [0.05, 0.1) is 12.8 Å². The summed E-state index contributed by atoms with van der Waals surface area (Å²) < 4.78 is 5.27. The van der Waals surface area contributed by atoms with Crippen molar-refractivity contribution in [3.05, 3.63) is 35.9 Å². The Morgan fingerprint density at radius 3 is 2.80 bits per heavy atom. The van der Waals surface area contributed by atoms with Gasteiger partial charge in [-0.05, 0) is 31.0 Å². The molecule has 1 rings (SSSR count). The fourth-order valence-corrected chi connectivity index (χ4v) is 1.31. The summed E-state index contributed by atoms with van der Waals surface area (Å²) in [5.74, 6) is 0.879. The van der Waals surface area contributed by atoms with Crippen LogP contribution in [-0.4, -0.2) is 13.7 Å². The van der Waals surface area contributed by atoms with E-state index in [9.17, 15) is 0 Å². The van der Waals surface area contributed by atoms with Gasteiger partial charge in [-0.3, -0.25) is 0 Å². The molecule has 1 N–H and O–H groups in total. The van der Waals surface area contributed by atoms with E-state index >= 15 is 0 Å². The second kappa shape index (κ2) is 5.44. The molecule has 1 aromatic carbocycles. The topological polar surface area (TPSA) is 21.3 Å². The maximum atomic E-state index is 5.27. The summed E-state index contributed by atoms with van der Waals surface area (Å²) in [5, 5.41) is 3.33. The zero-order chi connectivity index (χ0) is 11.3. The fourth-order valence-electron chi connectivity index (χ4n) is 1.31. The van der Waals surface area contributed by atoms with Crippen LogP contribution in [0, 0.1) is 6.92 Å². The van der Waals surface area contributed by atoms with Crippen LogP contribution in [0.3, 0.4) is 0 Å². The molecule has 2 nitrogen and oxygen atoms in total. The van der Waals surface area contributed by atoms with Gasteiger partial charge in [-0.2, -0.15) is 0 Å². The predicted molar refractivity (Wildman–Crippen MR) is 65.7 cm³/mol. The highest BCUT2D eigenvalue weighted by atomic mass is 16.5. The van der Waals surface area contributed by atoms with E-state index in [-0.39, 0.29) is 0 Å². The Bertz CT molecular complexity index is 344. The molecular weight excluding hydrogens is 186 g/mol. The Balaban J connectivity index is 2.74. The Morgan fingerprint density at radius 2 is 2.20 bits per heavy atom. The first-order valence-electron chi connectivity index (χ1n) is 5.22. The summed E-state index contributed by atoms with van der Waals surface area (Å²) in [6.45, 7) is 8.94. The van der Waals surface area contributed by atoms with Crippen LogP contribution < -0.4 is 10.1 Å². The summed E-state index contributed by atoms with van der Waals surface area (Å²) in [6, 6.07) is 6.10. The van der Waals surface area contributed by atoms with E-state index in [0.717, 1.165) is 24.4 Å². The summed E-state index contributed by atoms with van der Waals surface area (Å²) in [7, 11) is 1.69. The van der Waals surface area contributed by atoms with Gasteiger partial charge >= 0.3 is 0 Å². The molecule has 0 aliphatic carbocycles. The van der Waals surface area contributed by atoms with Crippen LogP contribution in [0.1, 0.15) is 18.9 Å². The molecule has 0 heterocycles. The van der Waals surface area contributed by atoms with Crippen LogP contribution in [0.25, 0.3) is 0 Å². The van der Waals surface area contributed by atoms with Crippen LogP contribution in [0.2, 0.25) is 0 Å². The zero-order valence-electron chi connectivity index (χ0n) is 9.76. The lowest BCUT2D eigenvalue weighted by Crippen LogP contribution is -2.05. The number of rotatable bonds is 5. The van der Waals surface area contributed by atoms with Gasteiger partial charge in [0, 0.05) is 6.54 Å². The first-order chi connectivity index (χ1) is 7.17. The van der Waals surface area contributed by atoms with Crippen LogP contribution in [-0.2, 0) is 0 Å². The molecule has 0 amide bonds. The normalized spacial score (nSPS) is 9.80. The van der Waals surface area contributed by atoms with Crippen LogP contribution in [0.15, 0.2) is 30.4 Å². The van der Waals surface area contributed by atoms with Gasteiger partial charge in [0.2, 0.25) is 0 Å². The summed E-state index contributed by atoms with van der Waals surface area (Å²) in [5.41, 5.74) is 3.45. The van der Waals surface area contributed by atoms with E-state index in [1.54, 1.807) is 7.11 Å². The molecule has 0 aliphatic rings. The van der Waals surface area contributed by atoms with E-state index in [1.807, 2.05) is 12.1 Å². The average Bonchev–Trinajstić information content (AvgIpc) is 2.26. The molecule has 0 aromatic heterocycles. The minimum Gasteiger partial charge on any atom is -0.495 e. The van der Waals surface area contributed by atoms with Crippen molar-refractivity contribution in [1.82, 2.24) is 0 Å². The van der Waals surface area contributed by atoms with E-state index in [2.05, 4.69) is 31.8 Å². The first-order valence-corrected chi connectivity index (χ1v) is 5.22. The maximum Gasteiger partial charge on any atom is 0.141 e. The van der Waals surface area contributed by atoms with E-state index in [4.69, 9.17) is 4.74 Å². The number of nitrogens with one attached hydrogen (secondary N) is 1. The van der Waals surface area contributed by atoms with E-state index < -0.39 is 0 Å². The molecular formula is C13H19NO. The second-order valence-electron chi connectivity index (χ2n) is 3.66. The molecule has 1 aromatic rings. The molecule has 2 heteroatoms. The van der Waals surface area contributed by atoms with Crippen molar-refractivity contribution >= 4 is 5.69 Å². The smallest absolute Gasteiger partial charge is 0.141 e. The van der Waals surface area contributed by atoms with Crippen LogP contribution in [0.4, 0.5) is 5.69 Å². The highest BCUT2D eigenvalue weighted by molar-refractivity contribution is 5.58. The number of anilines is 1. The Kier molecular flexibility index (Phi) is 4.22. The zero-order valence-corrected chi connectivity index (χ0v) is 9.76. The molecule has 0 fully saturated rings. The van der Waals surface area contributed by atoms with Gasteiger partial charge in [0.15, 0.2) is 0 Å². The van der Waals surface area contributed by atoms with Gasteiger partial charge in [-0.15, -0.1) is 0 Å². The van der Waals surface area contributed by atoms with Crippen molar-refractivity contribution in [3.8, 4) is 5.75 Å². The largest absolute Gasteiger partial charge is 0.495 e. The lowest BCUT2D eigenvalue weighted by atomic mass is 10.2. The fraction of sp³-hybridized carbons (Fsp3) is 0.385. The van der Waals surface area contributed by atoms with Gasteiger partial charge in [-0.1, -0.05) is 25.1 Å². The third-order valence-corrected chi connectivity index (χ3v) is 2.38. The minimum atomic E-state index is 0.802. The molecule has 0 atom stereocenters. The quantitative estimate of drug-likeness (QED) is 0.744. The molecule has 0 saturated carbocycles. The molecule has 0 spiro atoms. The van der Waals surface area contributed by atoms with E-state index in [1.165, 1.54) is 11.1 Å². The average molecular weight is 205 g/mol. The van der Waals surface area contributed by atoms with E-state index in [0.29, 0.717) is 0 Å². The number of aryl methyl sites for hydroxylation is 1. The minimum absolute atomic E-state index is 0.802.